The lowest BCUT2D eigenvalue weighted by Gasteiger charge is -2.07. The Hall–Kier alpha value is -0.670. The topological polar surface area (TPSA) is 20.2 Å². The van der Waals surface area contributed by atoms with Crippen LogP contribution in [0.5, 0.6) is 5.75 Å². The van der Waals surface area contributed by atoms with Crippen LogP contribution < -0.4 is 0 Å². The summed E-state index contributed by atoms with van der Waals surface area (Å²) in [6, 6.07) is 4.17. The van der Waals surface area contributed by atoms with E-state index in [0.717, 1.165) is 16.9 Å². The Morgan fingerprint density at radius 2 is 2.29 bits per heavy atom. The Morgan fingerprint density at radius 3 is 2.93 bits per heavy atom. The van der Waals surface area contributed by atoms with Crippen LogP contribution in [0.2, 0.25) is 0 Å². The predicted octanol–water partition coefficient (Wildman–Crippen LogP) is 3.89. The summed E-state index contributed by atoms with van der Waals surface area (Å²) >= 11 is 3.30. The maximum absolute atomic E-state index is 9.99. The number of hydrogen-bond acceptors (Lipinski definition) is 3. The van der Waals surface area contributed by atoms with Gasteiger partial charge in [-0.3, -0.25) is 0 Å². The highest BCUT2D eigenvalue weighted by Crippen LogP contribution is 2.38. The number of thiophene rings is 1. The minimum Gasteiger partial charge on any atom is -0.506 e. The van der Waals surface area contributed by atoms with Crippen molar-refractivity contribution in [3.8, 4) is 5.75 Å². The average molecular weight is 224 g/mol. The van der Waals surface area contributed by atoms with Gasteiger partial charge in [0.2, 0.25) is 0 Å². The van der Waals surface area contributed by atoms with E-state index >= 15 is 0 Å². The van der Waals surface area contributed by atoms with Crippen molar-refractivity contribution in [2.75, 3.05) is 6.26 Å². The van der Waals surface area contributed by atoms with Crippen molar-refractivity contribution in [3.63, 3.8) is 0 Å². The van der Waals surface area contributed by atoms with Gasteiger partial charge in [-0.25, -0.2) is 0 Å². The molecule has 74 valence electrons. The van der Waals surface area contributed by atoms with E-state index in [1.54, 1.807) is 23.1 Å². The molecule has 0 aliphatic rings. The number of fused-ring (bicyclic) bond motifs is 1. The molecule has 0 spiro atoms. The summed E-state index contributed by atoms with van der Waals surface area (Å²) in [5.74, 6) is 0.468. The molecule has 2 rings (SSSR count). The van der Waals surface area contributed by atoms with Gasteiger partial charge in [-0.1, -0.05) is 6.92 Å². The predicted molar refractivity (Wildman–Crippen MR) is 64.6 cm³/mol. The highest BCUT2D eigenvalue weighted by atomic mass is 32.2. The summed E-state index contributed by atoms with van der Waals surface area (Å²) in [4.78, 5) is 0.979. The number of aromatic hydroxyl groups is 1. The van der Waals surface area contributed by atoms with E-state index in [4.69, 9.17) is 0 Å². The molecule has 1 heterocycles. The summed E-state index contributed by atoms with van der Waals surface area (Å²) in [5.41, 5.74) is 1.09. The maximum atomic E-state index is 9.99. The van der Waals surface area contributed by atoms with Gasteiger partial charge in [0, 0.05) is 15.2 Å². The second kappa shape index (κ2) is 3.83. The van der Waals surface area contributed by atoms with Gasteiger partial charge in [0.25, 0.3) is 0 Å². The molecule has 0 radical (unpaired) electrons. The smallest absolute Gasteiger partial charge is 0.133 e. The van der Waals surface area contributed by atoms with Gasteiger partial charge < -0.3 is 5.11 Å². The Morgan fingerprint density at radius 1 is 1.50 bits per heavy atom. The van der Waals surface area contributed by atoms with Crippen LogP contribution in [0, 0.1) is 0 Å². The van der Waals surface area contributed by atoms with Gasteiger partial charge in [-0.05, 0) is 35.6 Å². The lowest BCUT2D eigenvalue weighted by Crippen LogP contribution is -1.84. The zero-order chi connectivity index (χ0) is 10.1. The van der Waals surface area contributed by atoms with E-state index in [1.807, 2.05) is 6.26 Å². The molecule has 0 aliphatic heterocycles. The molecule has 0 bridgehead atoms. The number of aryl methyl sites for hydroxylation is 1. The van der Waals surface area contributed by atoms with Crippen molar-refractivity contribution in [2.45, 2.75) is 18.2 Å². The molecule has 1 aromatic carbocycles. The van der Waals surface area contributed by atoms with Crippen LogP contribution in [-0.4, -0.2) is 11.4 Å². The van der Waals surface area contributed by atoms with Crippen LogP contribution in [0.3, 0.4) is 0 Å². The van der Waals surface area contributed by atoms with Crippen LogP contribution >= 0.6 is 23.1 Å². The first-order chi connectivity index (χ1) is 6.77. The molecule has 0 aliphatic carbocycles. The van der Waals surface area contributed by atoms with Crippen molar-refractivity contribution in [2.24, 2.45) is 0 Å². The monoisotopic (exact) mass is 224 g/mol. The molecule has 0 fully saturated rings. The maximum Gasteiger partial charge on any atom is 0.133 e. The largest absolute Gasteiger partial charge is 0.506 e. The van der Waals surface area contributed by atoms with Crippen molar-refractivity contribution < 1.29 is 5.11 Å². The fraction of sp³-hybridized carbons (Fsp3) is 0.273. The molecular formula is C11H12OS2. The van der Waals surface area contributed by atoms with Crippen LogP contribution in [-0.2, 0) is 6.42 Å². The average Bonchev–Trinajstić information content (AvgIpc) is 2.64. The van der Waals surface area contributed by atoms with E-state index in [9.17, 15) is 5.11 Å². The standard InChI is InChI=1S/C11H12OS2/c1-3-8-10(12)9(13-2)6-7-4-5-14-11(7)8/h4-6,12H,3H2,1-2H3. The molecule has 0 saturated carbocycles. The second-order valence-corrected chi connectivity index (χ2v) is 4.86. The summed E-state index contributed by atoms with van der Waals surface area (Å²) < 4.78 is 1.22. The number of rotatable bonds is 2. The van der Waals surface area contributed by atoms with Crippen LogP contribution in [0.25, 0.3) is 10.1 Å². The third-order valence-electron chi connectivity index (χ3n) is 2.35. The molecule has 0 atom stereocenters. The number of phenols is 1. The summed E-state index contributed by atoms with van der Waals surface area (Å²) in [6.45, 7) is 2.08. The third-order valence-corrected chi connectivity index (χ3v) is 4.09. The van der Waals surface area contributed by atoms with Crippen LogP contribution in [0.1, 0.15) is 12.5 Å². The molecule has 1 N–H and O–H groups in total. The lowest BCUT2D eigenvalue weighted by atomic mass is 10.1. The fourth-order valence-corrected chi connectivity index (χ4v) is 3.19. The number of phenolic OH excluding ortho intramolecular Hbond substituents is 1. The Bertz CT molecular complexity index is 460. The fourth-order valence-electron chi connectivity index (χ4n) is 1.63. The van der Waals surface area contributed by atoms with E-state index in [1.165, 1.54) is 10.1 Å². The highest BCUT2D eigenvalue weighted by molar-refractivity contribution is 7.98. The van der Waals surface area contributed by atoms with E-state index < -0.39 is 0 Å². The molecule has 0 saturated heterocycles. The second-order valence-electron chi connectivity index (χ2n) is 3.10. The highest BCUT2D eigenvalue weighted by Gasteiger charge is 2.11. The number of benzene rings is 1. The summed E-state index contributed by atoms with van der Waals surface area (Å²) in [7, 11) is 0. The normalized spacial score (nSPS) is 11.0. The van der Waals surface area contributed by atoms with Crippen LogP contribution in [0.15, 0.2) is 22.4 Å². The van der Waals surface area contributed by atoms with Gasteiger partial charge >= 0.3 is 0 Å². The first-order valence-corrected chi connectivity index (χ1v) is 6.64. The molecule has 0 unspecified atom stereocenters. The molecule has 14 heavy (non-hydrogen) atoms. The Labute approximate surface area is 91.8 Å². The zero-order valence-corrected chi connectivity index (χ0v) is 9.84. The quantitative estimate of drug-likeness (QED) is 0.781. The van der Waals surface area contributed by atoms with Crippen molar-refractivity contribution in [3.05, 3.63) is 23.1 Å². The van der Waals surface area contributed by atoms with E-state index in [2.05, 4.69) is 24.4 Å². The van der Waals surface area contributed by atoms with Gasteiger partial charge in [-0.15, -0.1) is 23.1 Å². The number of thioether (sulfide) groups is 1. The Balaban J connectivity index is 2.80. The Kier molecular flexibility index (Phi) is 2.70. The van der Waals surface area contributed by atoms with Crippen molar-refractivity contribution in [1.82, 2.24) is 0 Å². The molecule has 1 aromatic heterocycles. The molecule has 2 aromatic rings. The summed E-state index contributed by atoms with van der Waals surface area (Å²) in [5, 5.41) is 13.3. The minimum absolute atomic E-state index is 0.468. The number of hydrogen-bond donors (Lipinski definition) is 1. The van der Waals surface area contributed by atoms with Crippen molar-refractivity contribution in [1.29, 1.82) is 0 Å². The van der Waals surface area contributed by atoms with Gasteiger partial charge in [0.1, 0.15) is 5.75 Å². The summed E-state index contributed by atoms with van der Waals surface area (Å²) in [6.07, 6.45) is 2.88. The van der Waals surface area contributed by atoms with Gasteiger partial charge in [0.15, 0.2) is 0 Å². The molecule has 3 heteroatoms. The molecule has 1 nitrogen and oxygen atoms in total. The third kappa shape index (κ3) is 1.41. The first-order valence-electron chi connectivity index (χ1n) is 4.54. The van der Waals surface area contributed by atoms with E-state index in [0.29, 0.717) is 5.75 Å². The van der Waals surface area contributed by atoms with Gasteiger partial charge in [0.05, 0.1) is 0 Å². The molecular weight excluding hydrogens is 212 g/mol. The zero-order valence-electron chi connectivity index (χ0n) is 8.20. The lowest BCUT2D eigenvalue weighted by molar-refractivity contribution is 0.457. The minimum atomic E-state index is 0.468. The van der Waals surface area contributed by atoms with Gasteiger partial charge in [-0.2, -0.15) is 0 Å². The first kappa shape index (κ1) is 9.87. The SMILES string of the molecule is CCc1c(O)c(SC)cc2ccsc12. The molecule has 0 amide bonds. The van der Waals surface area contributed by atoms with E-state index in [-0.39, 0.29) is 0 Å². The van der Waals surface area contributed by atoms with Crippen LogP contribution in [0.4, 0.5) is 0 Å². The van der Waals surface area contributed by atoms with Crippen molar-refractivity contribution >= 4 is 33.2 Å².